The Labute approximate surface area is 116 Å². The van der Waals surface area contributed by atoms with Gasteiger partial charge < -0.3 is 0 Å². The van der Waals surface area contributed by atoms with Gasteiger partial charge in [-0.3, -0.25) is 4.79 Å². The minimum absolute atomic E-state index is 0.363. The van der Waals surface area contributed by atoms with Crippen molar-refractivity contribution in [2.45, 2.75) is 58.3 Å². The first-order valence-corrected chi connectivity index (χ1v) is 7.53. The van der Waals surface area contributed by atoms with Crippen molar-refractivity contribution in [1.29, 1.82) is 0 Å². The number of rotatable bonds is 4. The van der Waals surface area contributed by atoms with Crippen molar-refractivity contribution in [1.82, 2.24) is 0 Å². The summed E-state index contributed by atoms with van der Waals surface area (Å²) in [5.41, 5.74) is 3.63. The summed E-state index contributed by atoms with van der Waals surface area (Å²) in [5, 5.41) is 0. The summed E-state index contributed by atoms with van der Waals surface area (Å²) in [6.45, 7) is 2.09. The molecule has 0 spiro atoms. The van der Waals surface area contributed by atoms with Crippen LogP contribution in [0.4, 0.5) is 0 Å². The fourth-order valence-electron chi connectivity index (χ4n) is 2.62. The predicted molar refractivity (Wildman–Crippen MR) is 80.3 cm³/mol. The Morgan fingerprint density at radius 2 is 1.79 bits per heavy atom. The van der Waals surface area contributed by atoms with Crippen LogP contribution in [0, 0.1) is 6.92 Å². The van der Waals surface area contributed by atoms with E-state index in [2.05, 4.69) is 37.3 Å². The molecule has 1 aromatic rings. The van der Waals surface area contributed by atoms with E-state index in [4.69, 9.17) is 0 Å². The molecule has 0 N–H and O–H groups in total. The highest BCUT2D eigenvalue weighted by Crippen LogP contribution is 2.19. The molecule has 2 rings (SSSR count). The van der Waals surface area contributed by atoms with Gasteiger partial charge in [0.05, 0.1) is 0 Å². The lowest BCUT2D eigenvalue weighted by Crippen LogP contribution is -2.06. The highest BCUT2D eigenvalue weighted by atomic mass is 16.1. The van der Waals surface area contributed by atoms with Crippen molar-refractivity contribution in [2.75, 3.05) is 0 Å². The summed E-state index contributed by atoms with van der Waals surface area (Å²) in [7, 11) is 0. The molecule has 0 bridgehead atoms. The van der Waals surface area contributed by atoms with Crippen LogP contribution in [0.15, 0.2) is 35.9 Å². The Bertz CT molecular complexity index is 439. The van der Waals surface area contributed by atoms with Crippen LogP contribution in [0.1, 0.15) is 56.1 Å². The molecule has 102 valence electrons. The van der Waals surface area contributed by atoms with Crippen molar-refractivity contribution < 1.29 is 4.79 Å². The molecule has 0 amide bonds. The van der Waals surface area contributed by atoms with E-state index in [1.165, 1.54) is 36.8 Å². The molecule has 0 aliphatic heterocycles. The van der Waals surface area contributed by atoms with Gasteiger partial charge in [-0.2, -0.15) is 0 Å². The molecule has 0 aromatic heterocycles. The molecule has 1 aliphatic carbocycles. The summed E-state index contributed by atoms with van der Waals surface area (Å²) >= 11 is 0. The smallest absolute Gasteiger partial charge is 0.158 e. The lowest BCUT2D eigenvalue weighted by Gasteiger charge is -2.10. The minimum atomic E-state index is 0.363. The monoisotopic (exact) mass is 256 g/mol. The summed E-state index contributed by atoms with van der Waals surface area (Å²) in [5.74, 6) is 0.363. The molecule has 1 aromatic carbocycles. The van der Waals surface area contributed by atoms with E-state index in [9.17, 15) is 4.79 Å². The van der Waals surface area contributed by atoms with Gasteiger partial charge in [0, 0.05) is 6.42 Å². The average Bonchev–Trinajstić information content (AvgIpc) is 2.37. The van der Waals surface area contributed by atoms with Gasteiger partial charge in [0.15, 0.2) is 5.78 Å². The number of carbonyl (C=O) groups excluding carboxylic acids is 1. The van der Waals surface area contributed by atoms with E-state index in [-0.39, 0.29) is 0 Å². The first kappa shape index (κ1) is 14.0. The molecule has 0 radical (unpaired) electrons. The zero-order chi connectivity index (χ0) is 13.5. The van der Waals surface area contributed by atoms with Crippen molar-refractivity contribution in [3.8, 4) is 0 Å². The molecule has 0 unspecified atom stereocenters. The van der Waals surface area contributed by atoms with Gasteiger partial charge in [0.25, 0.3) is 0 Å². The van der Waals surface area contributed by atoms with E-state index < -0.39 is 0 Å². The molecule has 0 saturated carbocycles. The second-order valence-corrected chi connectivity index (χ2v) is 5.59. The SMILES string of the molecule is Cc1ccc(CCC(=O)/C2=C/CCCCCC2)cc1. The highest BCUT2D eigenvalue weighted by molar-refractivity contribution is 5.95. The number of hydrogen-bond acceptors (Lipinski definition) is 1. The molecule has 0 fully saturated rings. The maximum atomic E-state index is 12.2. The number of hydrogen-bond donors (Lipinski definition) is 0. The van der Waals surface area contributed by atoms with Gasteiger partial charge in [-0.1, -0.05) is 48.7 Å². The standard InChI is InChI=1S/C18H24O/c1-15-9-11-16(12-10-15)13-14-18(19)17-7-5-3-2-4-6-8-17/h7,9-12H,2-6,8,13-14H2,1H3/b17-7+. The fourth-order valence-corrected chi connectivity index (χ4v) is 2.62. The Morgan fingerprint density at radius 3 is 2.58 bits per heavy atom. The van der Waals surface area contributed by atoms with Crippen LogP contribution in [0.2, 0.25) is 0 Å². The summed E-state index contributed by atoms with van der Waals surface area (Å²) in [6, 6.07) is 8.51. The van der Waals surface area contributed by atoms with Crippen LogP contribution in [0.25, 0.3) is 0 Å². The van der Waals surface area contributed by atoms with Crippen LogP contribution in [-0.4, -0.2) is 5.78 Å². The van der Waals surface area contributed by atoms with Gasteiger partial charge >= 0.3 is 0 Å². The maximum absolute atomic E-state index is 12.2. The topological polar surface area (TPSA) is 17.1 Å². The number of aryl methyl sites for hydroxylation is 2. The third kappa shape index (κ3) is 4.66. The number of ketones is 1. The maximum Gasteiger partial charge on any atom is 0.158 e. The van der Waals surface area contributed by atoms with E-state index in [0.717, 1.165) is 24.8 Å². The van der Waals surface area contributed by atoms with Crippen LogP contribution >= 0.6 is 0 Å². The molecule has 1 nitrogen and oxygen atoms in total. The highest BCUT2D eigenvalue weighted by Gasteiger charge is 2.10. The van der Waals surface area contributed by atoms with Crippen LogP contribution in [-0.2, 0) is 11.2 Å². The molecule has 0 saturated heterocycles. The van der Waals surface area contributed by atoms with Crippen molar-refractivity contribution in [3.63, 3.8) is 0 Å². The van der Waals surface area contributed by atoms with E-state index >= 15 is 0 Å². The molecule has 0 atom stereocenters. The Balaban J connectivity index is 1.87. The number of carbonyl (C=O) groups is 1. The molecular weight excluding hydrogens is 232 g/mol. The third-order valence-corrected chi connectivity index (χ3v) is 3.91. The molecule has 19 heavy (non-hydrogen) atoms. The Morgan fingerprint density at radius 1 is 1.05 bits per heavy atom. The predicted octanol–water partition coefficient (Wildman–Crippen LogP) is 4.78. The minimum Gasteiger partial charge on any atom is -0.295 e. The van der Waals surface area contributed by atoms with E-state index in [1.54, 1.807) is 0 Å². The lowest BCUT2D eigenvalue weighted by molar-refractivity contribution is -0.115. The number of benzene rings is 1. The first-order chi connectivity index (χ1) is 9.25. The zero-order valence-electron chi connectivity index (χ0n) is 12.0. The average molecular weight is 256 g/mol. The first-order valence-electron chi connectivity index (χ1n) is 7.53. The third-order valence-electron chi connectivity index (χ3n) is 3.91. The quantitative estimate of drug-likeness (QED) is 0.758. The summed E-state index contributed by atoms with van der Waals surface area (Å²) in [4.78, 5) is 12.2. The van der Waals surface area contributed by atoms with Gasteiger partial charge in [0.2, 0.25) is 0 Å². The van der Waals surface area contributed by atoms with Gasteiger partial charge in [-0.25, -0.2) is 0 Å². The number of allylic oxidation sites excluding steroid dienone is 2. The van der Waals surface area contributed by atoms with E-state index in [1.807, 2.05) is 0 Å². The van der Waals surface area contributed by atoms with Crippen LogP contribution < -0.4 is 0 Å². The molecule has 1 heteroatoms. The van der Waals surface area contributed by atoms with Crippen LogP contribution in [0.3, 0.4) is 0 Å². The van der Waals surface area contributed by atoms with Crippen molar-refractivity contribution in [2.24, 2.45) is 0 Å². The molecular formula is C18H24O. The Kier molecular flexibility index (Phi) is 5.38. The van der Waals surface area contributed by atoms with Gasteiger partial charge in [-0.05, 0) is 50.2 Å². The van der Waals surface area contributed by atoms with Gasteiger partial charge in [-0.15, -0.1) is 0 Å². The number of Topliss-reactive ketones (excluding diaryl/α,β-unsaturated/α-hetero) is 1. The zero-order valence-corrected chi connectivity index (χ0v) is 12.0. The summed E-state index contributed by atoms with van der Waals surface area (Å²) in [6.07, 6.45) is 10.8. The largest absolute Gasteiger partial charge is 0.295 e. The fraction of sp³-hybridized carbons (Fsp3) is 0.500. The van der Waals surface area contributed by atoms with E-state index in [0.29, 0.717) is 12.2 Å². The van der Waals surface area contributed by atoms with Crippen molar-refractivity contribution in [3.05, 3.63) is 47.0 Å². The lowest BCUT2D eigenvalue weighted by atomic mass is 9.94. The molecule has 0 heterocycles. The Hall–Kier alpha value is -1.37. The second-order valence-electron chi connectivity index (χ2n) is 5.59. The summed E-state index contributed by atoms with van der Waals surface area (Å²) < 4.78 is 0. The normalized spacial score (nSPS) is 19.1. The second kappa shape index (κ2) is 7.28. The molecule has 1 aliphatic rings. The van der Waals surface area contributed by atoms with Crippen LogP contribution in [0.5, 0.6) is 0 Å². The van der Waals surface area contributed by atoms with Gasteiger partial charge in [0.1, 0.15) is 0 Å². The van der Waals surface area contributed by atoms with Crippen molar-refractivity contribution >= 4 is 5.78 Å².